The van der Waals surface area contributed by atoms with Crippen molar-refractivity contribution in [1.29, 1.82) is 0 Å². The molecule has 1 aromatic carbocycles. The van der Waals surface area contributed by atoms with E-state index in [4.69, 9.17) is 9.47 Å². The Morgan fingerprint density at radius 1 is 1.44 bits per heavy atom. The Hall–Kier alpha value is -1.55. The van der Waals surface area contributed by atoms with Crippen LogP contribution in [0, 0.1) is 5.92 Å². The molecular formula is C14H19NO3. The van der Waals surface area contributed by atoms with Crippen molar-refractivity contribution in [3.63, 3.8) is 0 Å². The normalized spacial score (nSPS) is 19.8. The molecule has 1 saturated heterocycles. The maximum absolute atomic E-state index is 11.4. The summed E-state index contributed by atoms with van der Waals surface area (Å²) in [5.74, 6) is 0.806. The van der Waals surface area contributed by atoms with Gasteiger partial charge in [0.15, 0.2) is 0 Å². The third-order valence-electron chi connectivity index (χ3n) is 3.35. The van der Waals surface area contributed by atoms with Crippen LogP contribution < -0.4 is 4.74 Å². The standard InChI is InChI=1S/C14H19NO3/c1-17-13-5-3-4-11(8-13)9-15-7-6-12(10-15)14(16)18-2/h3-5,8,12H,6-7,9-10H2,1-2H3. The molecule has 0 spiro atoms. The molecule has 0 aromatic heterocycles. The minimum absolute atomic E-state index is 0.0283. The molecule has 0 saturated carbocycles. The van der Waals surface area contributed by atoms with Crippen molar-refractivity contribution in [3.8, 4) is 5.75 Å². The van der Waals surface area contributed by atoms with Gasteiger partial charge in [-0.25, -0.2) is 0 Å². The fourth-order valence-electron chi connectivity index (χ4n) is 2.36. The number of hydrogen-bond donors (Lipinski definition) is 0. The number of benzene rings is 1. The molecule has 1 fully saturated rings. The Morgan fingerprint density at radius 2 is 2.28 bits per heavy atom. The van der Waals surface area contributed by atoms with Gasteiger partial charge in [0.25, 0.3) is 0 Å². The molecule has 0 aliphatic carbocycles. The summed E-state index contributed by atoms with van der Waals surface area (Å²) in [5.41, 5.74) is 1.21. The van der Waals surface area contributed by atoms with E-state index in [1.165, 1.54) is 12.7 Å². The highest BCUT2D eigenvalue weighted by Gasteiger charge is 2.28. The van der Waals surface area contributed by atoms with Crippen molar-refractivity contribution in [1.82, 2.24) is 4.90 Å². The highest BCUT2D eigenvalue weighted by Crippen LogP contribution is 2.21. The lowest BCUT2D eigenvalue weighted by Gasteiger charge is -2.15. The number of rotatable bonds is 4. The first-order valence-electron chi connectivity index (χ1n) is 6.16. The predicted molar refractivity (Wildman–Crippen MR) is 68.4 cm³/mol. The van der Waals surface area contributed by atoms with Gasteiger partial charge in [-0.05, 0) is 30.7 Å². The quantitative estimate of drug-likeness (QED) is 0.761. The Kier molecular flexibility index (Phi) is 4.20. The van der Waals surface area contributed by atoms with Crippen LogP contribution in [-0.2, 0) is 16.1 Å². The number of carbonyl (C=O) groups is 1. The first-order valence-corrected chi connectivity index (χ1v) is 6.16. The van der Waals surface area contributed by atoms with Crippen molar-refractivity contribution in [2.75, 3.05) is 27.3 Å². The van der Waals surface area contributed by atoms with E-state index < -0.39 is 0 Å². The van der Waals surface area contributed by atoms with Crippen LogP contribution in [0.25, 0.3) is 0 Å². The fraction of sp³-hybridized carbons (Fsp3) is 0.500. The number of carbonyl (C=O) groups excluding carboxylic acids is 1. The van der Waals surface area contributed by atoms with Crippen LogP contribution in [0.15, 0.2) is 24.3 Å². The molecule has 1 aromatic rings. The van der Waals surface area contributed by atoms with E-state index in [1.807, 2.05) is 18.2 Å². The lowest BCUT2D eigenvalue weighted by atomic mass is 10.1. The molecule has 0 N–H and O–H groups in total. The minimum Gasteiger partial charge on any atom is -0.497 e. The number of likely N-dealkylation sites (tertiary alicyclic amines) is 1. The molecule has 98 valence electrons. The molecule has 18 heavy (non-hydrogen) atoms. The van der Waals surface area contributed by atoms with Crippen LogP contribution in [-0.4, -0.2) is 38.2 Å². The average Bonchev–Trinajstić information content (AvgIpc) is 2.86. The third kappa shape index (κ3) is 3.01. The van der Waals surface area contributed by atoms with Gasteiger partial charge in [-0.1, -0.05) is 12.1 Å². The molecule has 1 unspecified atom stereocenters. The van der Waals surface area contributed by atoms with E-state index in [9.17, 15) is 4.79 Å². The molecule has 1 aliphatic rings. The van der Waals surface area contributed by atoms with E-state index in [1.54, 1.807) is 7.11 Å². The fourth-order valence-corrected chi connectivity index (χ4v) is 2.36. The highest BCUT2D eigenvalue weighted by molar-refractivity contribution is 5.72. The van der Waals surface area contributed by atoms with Gasteiger partial charge in [0, 0.05) is 13.1 Å². The molecular weight excluding hydrogens is 230 g/mol. The van der Waals surface area contributed by atoms with Crippen LogP contribution in [0.1, 0.15) is 12.0 Å². The number of esters is 1. The zero-order valence-electron chi connectivity index (χ0n) is 10.9. The summed E-state index contributed by atoms with van der Waals surface area (Å²) < 4.78 is 9.99. The SMILES string of the molecule is COC(=O)C1CCN(Cc2cccc(OC)c2)C1. The first kappa shape index (κ1) is 12.9. The van der Waals surface area contributed by atoms with E-state index in [0.717, 1.165) is 31.8 Å². The van der Waals surface area contributed by atoms with Crippen molar-refractivity contribution in [3.05, 3.63) is 29.8 Å². The summed E-state index contributed by atoms with van der Waals surface area (Å²) in [6, 6.07) is 8.03. The van der Waals surface area contributed by atoms with Gasteiger partial charge in [-0.2, -0.15) is 0 Å². The minimum atomic E-state index is -0.0943. The summed E-state index contributed by atoms with van der Waals surface area (Å²) in [7, 11) is 3.12. The summed E-state index contributed by atoms with van der Waals surface area (Å²) in [5, 5.41) is 0. The molecule has 4 heteroatoms. The van der Waals surface area contributed by atoms with Crippen LogP contribution in [0.5, 0.6) is 5.75 Å². The summed E-state index contributed by atoms with van der Waals surface area (Å²) in [6.07, 6.45) is 0.886. The topological polar surface area (TPSA) is 38.8 Å². The van der Waals surface area contributed by atoms with E-state index in [-0.39, 0.29) is 11.9 Å². The maximum atomic E-state index is 11.4. The largest absolute Gasteiger partial charge is 0.497 e. The smallest absolute Gasteiger partial charge is 0.310 e. The second-order valence-corrected chi connectivity index (χ2v) is 4.60. The van der Waals surface area contributed by atoms with Gasteiger partial charge in [0.2, 0.25) is 0 Å². The van der Waals surface area contributed by atoms with Gasteiger partial charge in [0.05, 0.1) is 20.1 Å². The van der Waals surface area contributed by atoms with Crippen molar-refractivity contribution in [2.45, 2.75) is 13.0 Å². The molecule has 2 rings (SSSR count). The summed E-state index contributed by atoms with van der Waals surface area (Å²) in [4.78, 5) is 13.7. The molecule has 1 aliphatic heterocycles. The monoisotopic (exact) mass is 249 g/mol. The van der Waals surface area contributed by atoms with Crippen molar-refractivity contribution >= 4 is 5.97 Å². The molecule has 0 amide bonds. The van der Waals surface area contributed by atoms with E-state index in [0.29, 0.717) is 0 Å². The van der Waals surface area contributed by atoms with Crippen molar-refractivity contribution < 1.29 is 14.3 Å². The number of ether oxygens (including phenoxy) is 2. The Morgan fingerprint density at radius 3 is 3.00 bits per heavy atom. The van der Waals surface area contributed by atoms with Gasteiger partial charge in [-0.3, -0.25) is 9.69 Å². The summed E-state index contributed by atoms with van der Waals surface area (Å²) in [6.45, 7) is 2.57. The number of methoxy groups -OCH3 is 2. The highest BCUT2D eigenvalue weighted by atomic mass is 16.5. The molecule has 1 heterocycles. The second-order valence-electron chi connectivity index (χ2n) is 4.60. The molecule has 4 nitrogen and oxygen atoms in total. The lowest BCUT2D eigenvalue weighted by molar-refractivity contribution is -0.144. The lowest BCUT2D eigenvalue weighted by Crippen LogP contribution is -2.23. The van der Waals surface area contributed by atoms with Crippen LogP contribution >= 0.6 is 0 Å². The molecule has 0 bridgehead atoms. The van der Waals surface area contributed by atoms with Gasteiger partial charge in [-0.15, -0.1) is 0 Å². The number of nitrogens with zero attached hydrogens (tertiary/aromatic N) is 1. The van der Waals surface area contributed by atoms with Gasteiger partial charge < -0.3 is 9.47 Å². The Bertz CT molecular complexity index is 419. The Balaban J connectivity index is 1.92. The summed E-state index contributed by atoms with van der Waals surface area (Å²) >= 11 is 0. The Labute approximate surface area is 107 Å². The first-order chi connectivity index (χ1) is 8.72. The molecule has 0 radical (unpaired) electrons. The number of hydrogen-bond acceptors (Lipinski definition) is 4. The van der Waals surface area contributed by atoms with Gasteiger partial charge >= 0.3 is 5.97 Å². The maximum Gasteiger partial charge on any atom is 0.310 e. The van der Waals surface area contributed by atoms with Crippen LogP contribution in [0.4, 0.5) is 0 Å². The second kappa shape index (κ2) is 5.87. The third-order valence-corrected chi connectivity index (χ3v) is 3.35. The van der Waals surface area contributed by atoms with Gasteiger partial charge in [0.1, 0.15) is 5.75 Å². The predicted octanol–water partition coefficient (Wildman–Crippen LogP) is 1.69. The van der Waals surface area contributed by atoms with E-state index >= 15 is 0 Å². The van der Waals surface area contributed by atoms with Crippen molar-refractivity contribution in [2.24, 2.45) is 5.92 Å². The van der Waals surface area contributed by atoms with Crippen LogP contribution in [0.3, 0.4) is 0 Å². The average molecular weight is 249 g/mol. The molecule has 1 atom stereocenters. The zero-order valence-corrected chi connectivity index (χ0v) is 10.9. The van der Waals surface area contributed by atoms with Crippen LogP contribution in [0.2, 0.25) is 0 Å². The van der Waals surface area contributed by atoms with E-state index in [2.05, 4.69) is 11.0 Å². The zero-order chi connectivity index (χ0) is 13.0.